The highest BCUT2D eigenvalue weighted by Crippen LogP contribution is 2.25. The Labute approximate surface area is 109 Å². The third-order valence-corrected chi connectivity index (χ3v) is 3.64. The van der Waals surface area contributed by atoms with Gasteiger partial charge < -0.3 is 10.2 Å². The number of halogens is 1. The summed E-state index contributed by atoms with van der Waals surface area (Å²) in [6.07, 6.45) is 1.18. The molecular formula is C14H21ClN2. The minimum Gasteiger partial charge on any atom is -0.370 e. The van der Waals surface area contributed by atoms with Gasteiger partial charge in [0.15, 0.2) is 0 Å². The third kappa shape index (κ3) is 3.14. The Hall–Kier alpha value is -0.730. The average molecular weight is 253 g/mol. The summed E-state index contributed by atoms with van der Waals surface area (Å²) >= 11 is 6.10. The molecule has 1 N–H and O–H groups in total. The molecule has 17 heavy (non-hydrogen) atoms. The van der Waals surface area contributed by atoms with Gasteiger partial charge in [0, 0.05) is 35.9 Å². The lowest BCUT2D eigenvalue weighted by atomic mass is 10.1. The third-order valence-electron chi connectivity index (χ3n) is 3.41. The molecule has 0 saturated carbocycles. The van der Waals surface area contributed by atoms with E-state index in [-0.39, 0.29) is 0 Å². The van der Waals surface area contributed by atoms with E-state index in [1.54, 1.807) is 0 Å². The molecule has 2 unspecified atom stereocenters. The smallest absolute Gasteiger partial charge is 0.0426 e. The maximum Gasteiger partial charge on any atom is 0.0426 e. The van der Waals surface area contributed by atoms with Crippen LogP contribution < -0.4 is 10.2 Å². The van der Waals surface area contributed by atoms with Gasteiger partial charge in [0.25, 0.3) is 0 Å². The lowest BCUT2D eigenvalue weighted by molar-refractivity contribution is 0.492. The molecule has 94 valence electrons. The Morgan fingerprint density at radius 2 is 2.06 bits per heavy atom. The van der Waals surface area contributed by atoms with E-state index in [1.165, 1.54) is 17.7 Å². The molecule has 0 radical (unpaired) electrons. The van der Waals surface area contributed by atoms with Gasteiger partial charge in [-0.25, -0.2) is 0 Å². The second kappa shape index (κ2) is 5.28. The van der Waals surface area contributed by atoms with Crippen molar-refractivity contribution in [2.75, 3.05) is 18.0 Å². The van der Waals surface area contributed by atoms with Gasteiger partial charge in [0.1, 0.15) is 0 Å². The zero-order valence-corrected chi connectivity index (χ0v) is 11.6. The summed E-state index contributed by atoms with van der Waals surface area (Å²) in [6, 6.07) is 7.26. The van der Waals surface area contributed by atoms with Crippen molar-refractivity contribution in [2.45, 2.75) is 39.3 Å². The van der Waals surface area contributed by atoms with Gasteiger partial charge in [-0.15, -0.1) is 0 Å². The van der Waals surface area contributed by atoms with Crippen LogP contribution in [0.3, 0.4) is 0 Å². The molecule has 1 aliphatic heterocycles. The Balaban J connectivity index is 2.23. The van der Waals surface area contributed by atoms with Crippen LogP contribution in [0.15, 0.2) is 18.2 Å². The molecule has 2 nitrogen and oxygen atoms in total. The highest BCUT2D eigenvalue weighted by atomic mass is 35.5. The van der Waals surface area contributed by atoms with Crippen molar-refractivity contribution in [1.29, 1.82) is 0 Å². The van der Waals surface area contributed by atoms with Crippen LogP contribution in [-0.2, 0) is 0 Å². The van der Waals surface area contributed by atoms with E-state index in [9.17, 15) is 0 Å². The predicted octanol–water partition coefficient (Wildman–Crippen LogP) is 3.23. The lowest BCUT2D eigenvalue weighted by Crippen LogP contribution is -2.37. The topological polar surface area (TPSA) is 15.3 Å². The average Bonchev–Trinajstić information content (AvgIpc) is 2.43. The SMILES string of the molecule is Cc1ccc(Cl)cc1N1CCC(C)NC(C)C1. The van der Waals surface area contributed by atoms with Gasteiger partial charge >= 0.3 is 0 Å². The molecule has 2 atom stereocenters. The van der Waals surface area contributed by atoms with Crippen molar-refractivity contribution in [3.05, 3.63) is 28.8 Å². The molecule has 0 aromatic heterocycles. The normalized spacial score (nSPS) is 25.8. The number of aryl methyl sites for hydroxylation is 1. The van der Waals surface area contributed by atoms with E-state index in [1.807, 2.05) is 6.07 Å². The monoisotopic (exact) mass is 252 g/mol. The van der Waals surface area contributed by atoms with E-state index in [4.69, 9.17) is 11.6 Å². The summed E-state index contributed by atoms with van der Waals surface area (Å²) < 4.78 is 0. The van der Waals surface area contributed by atoms with E-state index in [2.05, 4.69) is 43.1 Å². The molecule has 1 heterocycles. The van der Waals surface area contributed by atoms with Gasteiger partial charge in [0.05, 0.1) is 0 Å². The van der Waals surface area contributed by atoms with Crippen molar-refractivity contribution in [2.24, 2.45) is 0 Å². The molecular weight excluding hydrogens is 232 g/mol. The summed E-state index contributed by atoms with van der Waals surface area (Å²) in [4.78, 5) is 2.45. The number of rotatable bonds is 1. The fourth-order valence-corrected chi connectivity index (χ4v) is 2.70. The number of nitrogens with one attached hydrogen (secondary N) is 1. The number of hydrogen-bond donors (Lipinski definition) is 1. The molecule has 1 aromatic carbocycles. The fraction of sp³-hybridized carbons (Fsp3) is 0.571. The van der Waals surface area contributed by atoms with Crippen molar-refractivity contribution < 1.29 is 0 Å². The van der Waals surface area contributed by atoms with Crippen LogP contribution in [-0.4, -0.2) is 25.2 Å². The van der Waals surface area contributed by atoms with Crippen molar-refractivity contribution in [3.63, 3.8) is 0 Å². The second-order valence-electron chi connectivity index (χ2n) is 5.13. The van der Waals surface area contributed by atoms with Crippen LogP contribution in [0, 0.1) is 6.92 Å². The molecule has 1 aliphatic rings. The van der Waals surface area contributed by atoms with Gasteiger partial charge in [-0.2, -0.15) is 0 Å². The zero-order valence-electron chi connectivity index (χ0n) is 10.8. The maximum absolute atomic E-state index is 6.10. The Kier molecular flexibility index (Phi) is 3.95. The van der Waals surface area contributed by atoms with E-state index >= 15 is 0 Å². The molecule has 1 saturated heterocycles. The Morgan fingerprint density at radius 1 is 1.29 bits per heavy atom. The molecule has 1 aromatic rings. The van der Waals surface area contributed by atoms with Gasteiger partial charge in [0.2, 0.25) is 0 Å². The molecule has 0 amide bonds. The van der Waals surface area contributed by atoms with Crippen molar-refractivity contribution in [3.8, 4) is 0 Å². The van der Waals surface area contributed by atoms with Crippen LogP contribution in [0.2, 0.25) is 5.02 Å². The largest absolute Gasteiger partial charge is 0.370 e. The standard InChI is InChI=1S/C14H21ClN2/c1-10-4-5-13(15)8-14(10)17-7-6-11(2)16-12(3)9-17/h4-5,8,11-12,16H,6-7,9H2,1-3H3. The van der Waals surface area contributed by atoms with E-state index < -0.39 is 0 Å². The van der Waals surface area contributed by atoms with Crippen molar-refractivity contribution in [1.82, 2.24) is 5.32 Å². The summed E-state index contributed by atoms with van der Waals surface area (Å²) in [5.41, 5.74) is 2.58. The van der Waals surface area contributed by atoms with Crippen LogP contribution in [0.4, 0.5) is 5.69 Å². The molecule has 0 bridgehead atoms. The van der Waals surface area contributed by atoms with Crippen molar-refractivity contribution >= 4 is 17.3 Å². The highest BCUT2D eigenvalue weighted by Gasteiger charge is 2.19. The maximum atomic E-state index is 6.10. The summed E-state index contributed by atoms with van der Waals surface area (Å²) in [6.45, 7) is 8.79. The molecule has 2 rings (SSSR count). The summed E-state index contributed by atoms with van der Waals surface area (Å²) in [5, 5.41) is 4.42. The lowest BCUT2D eigenvalue weighted by Gasteiger charge is -2.26. The molecule has 1 fully saturated rings. The van der Waals surface area contributed by atoms with E-state index in [0.29, 0.717) is 12.1 Å². The van der Waals surface area contributed by atoms with Gasteiger partial charge in [-0.1, -0.05) is 17.7 Å². The van der Waals surface area contributed by atoms with Crippen LogP contribution in [0.25, 0.3) is 0 Å². The van der Waals surface area contributed by atoms with Gasteiger partial charge in [-0.3, -0.25) is 0 Å². The first kappa shape index (κ1) is 12.7. The quantitative estimate of drug-likeness (QED) is 0.826. The second-order valence-corrected chi connectivity index (χ2v) is 5.57. The summed E-state index contributed by atoms with van der Waals surface area (Å²) in [5.74, 6) is 0. The highest BCUT2D eigenvalue weighted by molar-refractivity contribution is 6.30. The molecule has 0 aliphatic carbocycles. The first-order valence-electron chi connectivity index (χ1n) is 6.33. The van der Waals surface area contributed by atoms with Crippen LogP contribution in [0.1, 0.15) is 25.8 Å². The van der Waals surface area contributed by atoms with Crippen LogP contribution >= 0.6 is 11.6 Å². The fourth-order valence-electron chi connectivity index (χ4n) is 2.54. The number of anilines is 1. The Morgan fingerprint density at radius 3 is 2.82 bits per heavy atom. The predicted molar refractivity (Wildman–Crippen MR) is 75.1 cm³/mol. The number of hydrogen-bond acceptors (Lipinski definition) is 2. The minimum atomic E-state index is 0.519. The molecule has 3 heteroatoms. The first-order chi connectivity index (χ1) is 8.06. The Bertz CT molecular complexity index is 392. The minimum absolute atomic E-state index is 0.519. The number of nitrogens with zero attached hydrogens (tertiary/aromatic N) is 1. The number of benzene rings is 1. The summed E-state index contributed by atoms with van der Waals surface area (Å²) in [7, 11) is 0. The van der Waals surface area contributed by atoms with Crippen LogP contribution in [0.5, 0.6) is 0 Å². The first-order valence-corrected chi connectivity index (χ1v) is 6.71. The zero-order chi connectivity index (χ0) is 12.4. The van der Waals surface area contributed by atoms with Gasteiger partial charge in [-0.05, 0) is 44.9 Å². The molecule has 0 spiro atoms. The van der Waals surface area contributed by atoms with E-state index in [0.717, 1.165) is 18.1 Å².